The Bertz CT molecular complexity index is 420. The topological polar surface area (TPSA) is 89.9 Å². The Balaban J connectivity index is 2.49. The van der Waals surface area contributed by atoms with Crippen LogP contribution in [0.15, 0.2) is 11.3 Å². The molecule has 7 nitrogen and oxygen atoms in total. The predicted octanol–water partition coefficient (Wildman–Crippen LogP) is -1.12. The average Bonchev–Trinajstić information content (AvgIpc) is 2.58. The molecule has 1 aliphatic rings. The smallest absolute Gasteiger partial charge is 0.249 e. The van der Waals surface area contributed by atoms with Crippen molar-refractivity contribution in [2.45, 2.75) is 13.5 Å². The molecule has 74 valence electrons. The molecule has 0 unspecified atom stereocenters. The molecule has 1 aromatic heterocycles. The summed E-state index contributed by atoms with van der Waals surface area (Å²) in [4.78, 5) is 12.8. The van der Waals surface area contributed by atoms with Gasteiger partial charge in [-0.05, 0) is 17.4 Å². The minimum absolute atomic E-state index is 0.341. The summed E-state index contributed by atoms with van der Waals surface area (Å²) < 4.78 is 1.53. The first-order chi connectivity index (χ1) is 6.61. The predicted molar refractivity (Wildman–Crippen MR) is 48.1 cm³/mol. The quantitative estimate of drug-likeness (QED) is 0.611. The molecule has 1 amide bonds. The van der Waals surface area contributed by atoms with Gasteiger partial charge in [-0.25, -0.2) is 4.68 Å². The molecular formula is C7H10N6O. The van der Waals surface area contributed by atoms with E-state index in [0.717, 1.165) is 5.70 Å². The fourth-order valence-electron chi connectivity index (χ4n) is 1.42. The molecule has 0 spiro atoms. The van der Waals surface area contributed by atoms with Crippen molar-refractivity contribution in [3.05, 3.63) is 11.3 Å². The number of fused-ring (bicyclic) bond motifs is 1. The summed E-state index contributed by atoms with van der Waals surface area (Å²) in [5, 5.41) is 11.1. The number of carbonyl (C=O) groups excluding carboxylic acids is 1. The third-order valence-corrected chi connectivity index (χ3v) is 2.36. The number of anilines is 1. The zero-order valence-electron chi connectivity index (χ0n) is 7.93. The maximum absolute atomic E-state index is 11.1. The Morgan fingerprint density at radius 1 is 1.57 bits per heavy atom. The minimum atomic E-state index is -0.435. The van der Waals surface area contributed by atoms with E-state index in [-0.39, 0.29) is 0 Å². The van der Waals surface area contributed by atoms with Crippen LogP contribution < -0.4 is 10.6 Å². The highest BCUT2D eigenvalue weighted by atomic mass is 16.1. The maximum atomic E-state index is 11.1. The van der Waals surface area contributed by atoms with Crippen molar-refractivity contribution in [1.82, 2.24) is 20.2 Å². The fourth-order valence-corrected chi connectivity index (χ4v) is 1.42. The molecule has 0 saturated carbocycles. The number of allylic oxidation sites excluding steroid dienone is 1. The van der Waals surface area contributed by atoms with Gasteiger partial charge in [0, 0.05) is 12.7 Å². The molecule has 0 fully saturated rings. The number of amides is 1. The number of hydrogen-bond donors (Lipinski definition) is 1. The number of nitrogens with zero attached hydrogens (tertiary/aromatic N) is 5. The molecular weight excluding hydrogens is 184 g/mol. The van der Waals surface area contributed by atoms with E-state index in [4.69, 9.17) is 5.73 Å². The van der Waals surface area contributed by atoms with Crippen molar-refractivity contribution in [3.8, 4) is 0 Å². The zero-order valence-corrected chi connectivity index (χ0v) is 7.93. The lowest BCUT2D eigenvalue weighted by Gasteiger charge is -2.25. The van der Waals surface area contributed by atoms with Gasteiger partial charge in [-0.1, -0.05) is 5.10 Å². The van der Waals surface area contributed by atoms with E-state index in [2.05, 4.69) is 15.5 Å². The van der Waals surface area contributed by atoms with Crippen LogP contribution >= 0.6 is 0 Å². The first-order valence-corrected chi connectivity index (χ1v) is 4.10. The summed E-state index contributed by atoms with van der Waals surface area (Å²) >= 11 is 0. The van der Waals surface area contributed by atoms with Gasteiger partial charge in [-0.15, -0.1) is 0 Å². The van der Waals surface area contributed by atoms with Crippen LogP contribution in [0.25, 0.3) is 0 Å². The van der Waals surface area contributed by atoms with Gasteiger partial charge in [0.05, 0.1) is 12.1 Å². The number of primary amides is 1. The normalized spacial score (nSPS) is 15.7. The number of rotatable bonds is 1. The summed E-state index contributed by atoms with van der Waals surface area (Å²) in [6.45, 7) is 2.16. The molecule has 0 aromatic carbocycles. The zero-order chi connectivity index (χ0) is 10.3. The Labute approximate surface area is 80.2 Å². The van der Waals surface area contributed by atoms with Gasteiger partial charge in [0.2, 0.25) is 11.9 Å². The second-order valence-electron chi connectivity index (χ2n) is 3.12. The van der Waals surface area contributed by atoms with E-state index in [1.807, 2.05) is 6.92 Å². The summed E-state index contributed by atoms with van der Waals surface area (Å²) in [5.74, 6) is 0.183. The molecule has 2 N–H and O–H groups in total. The molecule has 0 saturated heterocycles. The van der Waals surface area contributed by atoms with Crippen LogP contribution in [0.3, 0.4) is 0 Å². The Kier molecular flexibility index (Phi) is 1.73. The van der Waals surface area contributed by atoms with Gasteiger partial charge in [0.1, 0.15) is 0 Å². The largest absolute Gasteiger partial charge is 0.366 e. The van der Waals surface area contributed by atoms with Crippen LogP contribution in [0.1, 0.15) is 6.92 Å². The van der Waals surface area contributed by atoms with Crippen LogP contribution in [0, 0.1) is 0 Å². The molecule has 0 atom stereocenters. The van der Waals surface area contributed by atoms with Gasteiger partial charge in [-0.2, -0.15) is 0 Å². The van der Waals surface area contributed by atoms with Gasteiger partial charge >= 0.3 is 0 Å². The molecule has 14 heavy (non-hydrogen) atoms. The highest BCUT2D eigenvalue weighted by Crippen LogP contribution is 2.22. The summed E-state index contributed by atoms with van der Waals surface area (Å²) in [6.07, 6.45) is 0. The molecule has 2 heterocycles. The third kappa shape index (κ3) is 1.05. The van der Waals surface area contributed by atoms with Crippen LogP contribution in [0.2, 0.25) is 0 Å². The van der Waals surface area contributed by atoms with E-state index in [1.54, 1.807) is 11.9 Å². The van der Waals surface area contributed by atoms with Crippen LogP contribution in [0.5, 0.6) is 0 Å². The molecule has 0 aliphatic carbocycles. The minimum Gasteiger partial charge on any atom is -0.366 e. The van der Waals surface area contributed by atoms with E-state index < -0.39 is 5.91 Å². The lowest BCUT2D eigenvalue weighted by Crippen LogP contribution is -2.32. The summed E-state index contributed by atoms with van der Waals surface area (Å²) in [7, 11) is 1.79. The standard InChI is InChI=1S/C7H10N6O/c1-4-5(6(8)14)3-13-7(12(4)2)9-10-11-13/h3H2,1-2H3,(H2,8,14). The molecule has 0 bridgehead atoms. The maximum Gasteiger partial charge on any atom is 0.249 e. The lowest BCUT2D eigenvalue weighted by molar-refractivity contribution is -0.114. The van der Waals surface area contributed by atoms with E-state index in [9.17, 15) is 4.79 Å². The highest BCUT2D eigenvalue weighted by molar-refractivity contribution is 5.93. The molecule has 0 radical (unpaired) electrons. The van der Waals surface area contributed by atoms with Gasteiger partial charge in [0.15, 0.2) is 0 Å². The van der Waals surface area contributed by atoms with E-state index in [0.29, 0.717) is 18.1 Å². The molecule has 1 aromatic rings. The number of hydrogen-bond acceptors (Lipinski definition) is 5. The van der Waals surface area contributed by atoms with Crippen molar-refractivity contribution in [1.29, 1.82) is 0 Å². The van der Waals surface area contributed by atoms with Crippen LogP contribution in [0.4, 0.5) is 5.95 Å². The summed E-state index contributed by atoms with van der Waals surface area (Å²) in [5.41, 5.74) is 6.57. The van der Waals surface area contributed by atoms with Gasteiger partial charge in [0.25, 0.3) is 0 Å². The Hall–Kier alpha value is -1.92. The number of tetrazole rings is 1. The van der Waals surface area contributed by atoms with Crippen LogP contribution in [-0.2, 0) is 11.3 Å². The third-order valence-electron chi connectivity index (χ3n) is 2.36. The number of aromatic nitrogens is 4. The Morgan fingerprint density at radius 2 is 2.29 bits per heavy atom. The second-order valence-corrected chi connectivity index (χ2v) is 3.12. The van der Waals surface area contributed by atoms with Crippen molar-refractivity contribution >= 4 is 11.9 Å². The fraction of sp³-hybridized carbons (Fsp3) is 0.429. The molecule has 2 rings (SSSR count). The highest BCUT2D eigenvalue weighted by Gasteiger charge is 2.24. The van der Waals surface area contributed by atoms with Crippen molar-refractivity contribution in [2.24, 2.45) is 5.73 Å². The summed E-state index contributed by atoms with van der Waals surface area (Å²) in [6, 6.07) is 0. The van der Waals surface area contributed by atoms with E-state index in [1.165, 1.54) is 4.68 Å². The number of nitrogens with two attached hydrogens (primary N) is 1. The van der Waals surface area contributed by atoms with Gasteiger partial charge < -0.3 is 10.6 Å². The Morgan fingerprint density at radius 3 is 2.93 bits per heavy atom. The SMILES string of the molecule is CC1=C(C(N)=O)Cn2nnnc2N1C. The molecule has 1 aliphatic heterocycles. The van der Waals surface area contributed by atoms with Crippen molar-refractivity contribution in [2.75, 3.05) is 11.9 Å². The van der Waals surface area contributed by atoms with Gasteiger partial charge in [-0.3, -0.25) is 4.79 Å². The second kappa shape index (κ2) is 2.79. The lowest BCUT2D eigenvalue weighted by atomic mass is 10.1. The van der Waals surface area contributed by atoms with Crippen molar-refractivity contribution < 1.29 is 4.79 Å². The van der Waals surface area contributed by atoms with Crippen LogP contribution in [-0.4, -0.2) is 33.2 Å². The number of carbonyl (C=O) groups is 1. The van der Waals surface area contributed by atoms with E-state index >= 15 is 0 Å². The average molecular weight is 194 g/mol. The monoisotopic (exact) mass is 194 g/mol. The first-order valence-electron chi connectivity index (χ1n) is 4.10. The molecule has 7 heteroatoms. The van der Waals surface area contributed by atoms with Crippen molar-refractivity contribution in [3.63, 3.8) is 0 Å². The first kappa shape index (κ1) is 8.67.